The average molecular weight is 214 g/mol. The number of hydrogen-bond acceptors (Lipinski definition) is 2. The van der Waals surface area contributed by atoms with Gasteiger partial charge in [-0.05, 0) is 25.8 Å². The number of Topliss-reactive ketones (excluding diaryl/α,β-unsaturated/α-hetero) is 1. The lowest BCUT2D eigenvalue weighted by molar-refractivity contribution is 0.101. The first-order valence-corrected chi connectivity index (χ1v) is 5.75. The molecule has 82 valence electrons. The Morgan fingerprint density at radius 3 is 2.88 bits per heavy atom. The van der Waals surface area contributed by atoms with Gasteiger partial charge < -0.3 is 0 Å². The van der Waals surface area contributed by atoms with Gasteiger partial charge in [0.2, 0.25) is 0 Å². The van der Waals surface area contributed by atoms with Crippen molar-refractivity contribution in [3.63, 3.8) is 0 Å². The molecule has 0 radical (unpaired) electrons. The summed E-state index contributed by atoms with van der Waals surface area (Å²) in [5.74, 6) is 0.693. The van der Waals surface area contributed by atoms with Gasteiger partial charge in [-0.2, -0.15) is 5.10 Å². The quantitative estimate of drug-likeness (QED) is 0.781. The number of hydrogen-bond donors (Lipinski definition) is 1. The smallest absolute Gasteiger partial charge is 0.160 e. The molecule has 0 aliphatic heterocycles. The van der Waals surface area contributed by atoms with E-state index in [2.05, 4.69) is 10.2 Å². The van der Waals surface area contributed by atoms with E-state index in [9.17, 15) is 4.79 Å². The van der Waals surface area contributed by atoms with Gasteiger partial charge in [-0.25, -0.2) is 0 Å². The zero-order valence-corrected chi connectivity index (χ0v) is 9.29. The van der Waals surface area contributed by atoms with E-state index in [1.807, 2.05) is 18.2 Å². The highest BCUT2D eigenvalue weighted by Crippen LogP contribution is 2.39. The highest BCUT2D eigenvalue weighted by molar-refractivity contribution is 6.07. The summed E-state index contributed by atoms with van der Waals surface area (Å²) < 4.78 is 0. The summed E-state index contributed by atoms with van der Waals surface area (Å²) in [7, 11) is 0. The maximum Gasteiger partial charge on any atom is 0.160 e. The lowest BCUT2D eigenvalue weighted by Crippen LogP contribution is -2.10. The fourth-order valence-corrected chi connectivity index (χ4v) is 2.38. The first kappa shape index (κ1) is 9.58. The number of carbonyl (C=O) groups excluding carboxylic acids is 1. The molecule has 0 amide bonds. The molecule has 1 N–H and O–H groups in total. The molecule has 0 bridgehead atoms. The van der Waals surface area contributed by atoms with Crippen LogP contribution in [0.25, 0.3) is 10.9 Å². The number of rotatable bonds is 2. The van der Waals surface area contributed by atoms with Crippen LogP contribution in [-0.2, 0) is 0 Å². The standard InChI is InChI=1S/C13H14N2O/c1-8(16)10-6-3-7-11-12(10)13(15-14-11)9-4-2-5-9/h3,6-7,9H,2,4-5H2,1H3,(H,14,15). The Hall–Kier alpha value is -1.64. The molecule has 1 aromatic heterocycles. The van der Waals surface area contributed by atoms with Crippen LogP contribution >= 0.6 is 0 Å². The van der Waals surface area contributed by atoms with Crippen molar-refractivity contribution in [2.45, 2.75) is 32.1 Å². The van der Waals surface area contributed by atoms with Gasteiger partial charge in [-0.1, -0.05) is 18.6 Å². The predicted molar refractivity (Wildman–Crippen MR) is 62.7 cm³/mol. The Labute approximate surface area is 93.9 Å². The van der Waals surface area contributed by atoms with Crippen molar-refractivity contribution in [2.24, 2.45) is 0 Å². The summed E-state index contributed by atoms with van der Waals surface area (Å²) in [6, 6.07) is 5.74. The molecule has 1 saturated carbocycles. The normalized spacial score (nSPS) is 16.3. The van der Waals surface area contributed by atoms with E-state index in [0.717, 1.165) is 22.2 Å². The van der Waals surface area contributed by atoms with Crippen LogP contribution in [0.1, 0.15) is 48.2 Å². The highest BCUT2D eigenvalue weighted by atomic mass is 16.1. The largest absolute Gasteiger partial charge is 0.294 e. The van der Waals surface area contributed by atoms with Gasteiger partial charge in [0.25, 0.3) is 0 Å². The fraction of sp³-hybridized carbons (Fsp3) is 0.385. The molecule has 1 fully saturated rings. The first-order valence-electron chi connectivity index (χ1n) is 5.75. The molecule has 2 aromatic rings. The second-order valence-corrected chi connectivity index (χ2v) is 4.52. The predicted octanol–water partition coefficient (Wildman–Crippen LogP) is 3.03. The van der Waals surface area contributed by atoms with Crippen molar-refractivity contribution in [3.05, 3.63) is 29.5 Å². The van der Waals surface area contributed by atoms with Crippen LogP contribution in [0.15, 0.2) is 18.2 Å². The molecule has 0 unspecified atom stereocenters. The van der Waals surface area contributed by atoms with E-state index in [-0.39, 0.29) is 5.78 Å². The van der Waals surface area contributed by atoms with Crippen molar-refractivity contribution in [1.82, 2.24) is 10.2 Å². The zero-order chi connectivity index (χ0) is 11.1. The Morgan fingerprint density at radius 1 is 1.44 bits per heavy atom. The molecule has 1 aliphatic rings. The van der Waals surface area contributed by atoms with Crippen LogP contribution in [-0.4, -0.2) is 16.0 Å². The molecule has 16 heavy (non-hydrogen) atoms. The number of aromatic amines is 1. The summed E-state index contributed by atoms with van der Waals surface area (Å²) in [5.41, 5.74) is 2.87. The summed E-state index contributed by atoms with van der Waals surface area (Å²) in [4.78, 5) is 11.6. The van der Waals surface area contributed by atoms with E-state index in [0.29, 0.717) is 5.92 Å². The van der Waals surface area contributed by atoms with Crippen LogP contribution in [0.4, 0.5) is 0 Å². The fourth-order valence-electron chi connectivity index (χ4n) is 2.38. The van der Waals surface area contributed by atoms with E-state index in [1.54, 1.807) is 6.92 Å². The third-order valence-electron chi connectivity index (χ3n) is 3.50. The topological polar surface area (TPSA) is 45.8 Å². The summed E-state index contributed by atoms with van der Waals surface area (Å²) in [5, 5.41) is 8.44. The monoisotopic (exact) mass is 214 g/mol. The van der Waals surface area contributed by atoms with Gasteiger partial charge in [-0.15, -0.1) is 0 Å². The highest BCUT2D eigenvalue weighted by Gasteiger charge is 2.25. The molecule has 3 nitrogen and oxygen atoms in total. The molecule has 0 spiro atoms. The van der Waals surface area contributed by atoms with Crippen LogP contribution in [0.3, 0.4) is 0 Å². The van der Waals surface area contributed by atoms with Crippen LogP contribution in [0.5, 0.6) is 0 Å². The van der Waals surface area contributed by atoms with Gasteiger partial charge in [0.15, 0.2) is 5.78 Å². The molecule has 1 aliphatic carbocycles. The molecule has 3 heteroatoms. The minimum Gasteiger partial charge on any atom is -0.294 e. The second kappa shape index (κ2) is 3.44. The maximum absolute atomic E-state index is 11.6. The van der Waals surface area contributed by atoms with Crippen molar-refractivity contribution < 1.29 is 4.79 Å². The minimum atomic E-state index is 0.118. The van der Waals surface area contributed by atoms with Gasteiger partial charge in [0.05, 0.1) is 5.52 Å². The van der Waals surface area contributed by atoms with E-state index >= 15 is 0 Å². The van der Waals surface area contributed by atoms with E-state index in [1.165, 1.54) is 19.3 Å². The third kappa shape index (κ3) is 1.28. The second-order valence-electron chi connectivity index (χ2n) is 4.52. The lowest BCUT2D eigenvalue weighted by Gasteiger charge is -2.24. The van der Waals surface area contributed by atoms with Crippen LogP contribution in [0.2, 0.25) is 0 Å². The summed E-state index contributed by atoms with van der Waals surface area (Å²) >= 11 is 0. The number of H-pyrrole nitrogens is 1. The number of nitrogens with zero attached hydrogens (tertiary/aromatic N) is 1. The summed E-state index contributed by atoms with van der Waals surface area (Å²) in [6.45, 7) is 1.62. The van der Waals surface area contributed by atoms with Crippen molar-refractivity contribution in [2.75, 3.05) is 0 Å². The number of benzene rings is 1. The SMILES string of the molecule is CC(=O)c1cccc2n[nH]c(C3CCC3)c12. The molecule has 0 atom stereocenters. The Kier molecular flexibility index (Phi) is 2.06. The van der Waals surface area contributed by atoms with Gasteiger partial charge >= 0.3 is 0 Å². The Morgan fingerprint density at radius 2 is 2.25 bits per heavy atom. The van der Waals surface area contributed by atoms with Gasteiger partial charge in [0, 0.05) is 22.6 Å². The molecular formula is C13H14N2O. The number of aromatic nitrogens is 2. The van der Waals surface area contributed by atoms with Crippen molar-refractivity contribution in [3.8, 4) is 0 Å². The zero-order valence-electron chi connectivity index (χ0n) is 9.29. The molecular weight excluding hydrogens is 200 g/mol. The number of ketones is 1. The number of nitrogens with one attached hydrogen (secondary N) is 1. The molecule has 3 rings (SSSR count). The van der Waals surface area contributed by atoms with Crippen molar-refractivity contribution >= 4 is 16.7 Å². The van der Waals surface area contributed by atoms with Crippen LogP contribution < -0.4 is 0 Å². The lowest BCUT2D eigenvalue weighted by atomic mass is 9.81. The van der Waals surface area contributed by atoms with Crippen LogP contribution in [0, 0.1) is 0 Å². The van der Waals surface area contributed by atoms with E-state index < -0.39 is 0 Å². The maximum atomic E-state index is 11.6. The number of carbonyl (C=O) groups is 1. The van der Waals surface area contributed by atoms with Gasteiger partial charge in [0.1, 0.15) is 0 Å². The molecule has 0 saturated heterocycles. The molecule has 1 heterocycles. The number of fused-ring (bicyclic) bond motifs is 1. The minimum absolute atomic E-state index is 0.118. The van der Waals surface area contributed by atoms with Gasteiger partial charge in [-0.3, -0.25) is 9.89 Å². The van der Waals surface area contributed by atoms with E-state index in [4.69, 9.17) is 0 Å². The third-order valence-corrected chi connectivity index (χ3v) is 3.50. The Bertz CT molecular complexity index is 552. The average Bonchev–Trinajstić information content (AvgIpc) is 2.59. The Balaban J connectivity index is 2.25. The first-order chi connectivity index (χ1) is 7.77. The van der Waals surface area contributed by atoms with Crippen molar-refractivity contribution in [1.29, 1.82) is 0 Å². The molecule has 1 aromatic carbocycles. The summed E-state index contributed by atoms with van der Waals surface area (Å²) in [6.07, 6.45) is 3.71.